The number of amides is 2. The van der Waals surface area contributed by atoms with Gasteiger partial charge in [-0.3, -0.25) is 5.32 Å². The third-order valence-electron chi connectivity index (χ3n) is 4.38. The zero-order valence-corrected chi connectivity index (χ0v) is 15.5. The first-order valence-corrected chi connectivity index (χ1v) is 9.06. The molecule has 0 bridgehead atoms. The lowest BCUT2D eigenvalue weighted by Crippen LogP contribution is -2.39. The van der Waals surface area contributed by atoms with Crippen LogP contribution in [0.25, 0.3) is 6.08 Å². The monoisotopic (exact) mass is 364 g/mol. The van der Waals surface area contributed by atoms with Crippen LogP contribution in [0.5, 0.6) is 5.75 Å². The quantitative estimate of drug-likeness (QED) is 0.810. The maximum atomic E-state index is 12.3. The van der Waals surface area contributed by atoms with E-state index in [0.717, 1.165) is 24.2 Å². The van der Waals surface area contributed by atoms with Gasteiger partial charge in [-0.05, 0) is 49.6 Å². The van der Waals surface area contributed by atoms with E-state index >= 15 is 0 Å². The first-order valence-electron chi connectivity index (χ1n) is 9.06. The van der Waals surface area contributed by atoms with Gasteiger partial charge in [0.1, 0.15) is 11.9 Å². The van der Waals surface area contributed by atoms with E-state index in [-0.39, 0.29) is 12.1 Å². The maximum Gasteiger partial charge on any atom is 0.323 e. The summed E-state index contributed by atoms with van der Waals surface area (Å²) in [6, 6.07) is 11.4. The number of carbonyl (C=O) groups excluding carboxylic acids is 1. The van der Waals surface area contributed by atoms with Crippen LogP contribution in [-0.2, 0) is 0 Å². The Hall–Kier alpha value is -3.15. The number of carbonyl (C=O) groups is 1. The van der Waals surface area contributed by atoms with Gasteiger partial charge in [-0.2, -0.15) is 5.10 Å². The van der Waals surface area contributed by atoms with Crippen LogP contribution < -0.4 is 10.1 Å². The maximum absolute atomic E-state index is 12.3. The zero-order chi connectivity index (χ0) is 19.1. The molecule has 1 unspecified atom stereocenters. The van der Waals surface area contributed by atoms with Crippen LogP contribution in [0, 0.1) is 0 Å². The molecule has 1 fully saturated rings. The lowest BCUT2D eigenvalue weighted by atomic mass is 10.0. The highest BCUT2D eigenvalue weighted by atomic mass is 16.5. The lowest BCUT2D eigenvalue weighted by Gasteiger charge is -2.28. The second kappa shape index (κ2) is 8.98. The van der Waals surface area contributed by atoms with Crippen LogP contribution in [0.15, 0.2) is 60.8 Å². The van der Waals surface area contributed by atoms with Gasteiger partial charge in [0.2, 0.25) is 0 Å². The number of likely N-dealkylation sites (tertiary alicyclic amines) is 1. The zero-order valence-electron chi connectivity index (χ0n) is 15.5. The average molecular weight is 364 g/mol. The van der Waals surface area contributed by atoms with Crippen LogP contribution in [0.4, 0.5) is 10.6 Å². The van der Waals surface area contributed by atoms with Gasteiger partial charge in [-0.15, -0.1) is 5.10 Å². The molecule has 0 spiro atoms. The smallest absolute Gasteiger partial charge is 0.323 e. The molecule has 27 heavy (non-hydrogen) atoms. The Morgan fingerprint density at radius 2 is 2.11 bits per heavy atom. The van der Waals surface area contributed by atoms with E-state index in [1.807, 2.05) is 25.1 Å². The average Bonchev–Trinajstić information content (AvgIpc) is 2.69. The topological polar surface area (TPSA) is 67.3 Å². The second-order valence-electron chi connectivity index (χ2n) is 6.46. The molecule has 3 rings (SSSR count). The number of rotatable bonds is 5. The molecule has 0 aliphatic carbocycles. The van der Waals surface area contributed by atoms with E-state index in [0.29, 0.717) is 18.9 Å². The Kier molecular flexibility index (Phi) is 6.20. The molecular weight excluding hydrogens is 340 g/mol. The normalized spacial score (nSPS) is 15.0. The van der Waals surface area contributed by atoms with E-state index < -0.39 is 0 Å². The number of urea groups is 1. The van der Waals surface area contributed by atoms with Crippen molar-refractivity contribution in [2.45, 2.75) is 25.9 Å². The molecule has 2 aromatic rings. The minimum atomic E-state index is -0.136. The van der Waals surface area contributed by atoms with Crippen molar-refractivity contribution in [2.24, 2.45) is 0 Å². The minimum absolute atomic E-state index is 0.0241. The van der Waals surface area contributed by atoms with Crippen molar-refractivity contribution in [3.63, 3.8) is 0 Å². The molecule has 2 heterocycles. The molecule has 1 saturated heterocycles. The fourth-order valence-corrected chi connectivity index (χ4v) is 2.87. The minimum Gasteiger partial charge on any atom is -0.487 e. The molecule has 2 amide bonds. The second-order valence-corrected chi connectivity index (χ2v) is 6.46. The lowest BCUT2D eigenvalue weighted by molar-refractivity contribution is 0.207. The Balaban J connectivity index is 1.56. The third kappa shape index (κ3) is 5.41. The first kappa shape index (κ1) is 18.6. The summed E-state index contributed by atoms with van der Waals surface area (Å²) in [5.41, 5.74) is 2.43. The van der Waals surface area contributed by atoms with Crippen molar-refractivity contribution >= 4 is 17.9 Å². The summed E-state index contributed by atoms with van der Waals surface area (Å²) in [6.45, 7) is 7.06. The summed E-state index contributed by atoms with van der Waals surface area (Å²) in [5.74, 6) is 1.30. The van der Waals surface area contributed by atoms with Crippen LogP contribution >= 0.6 is 0 Å². The molecule has 1 aromatic heterocycles. The fraction of sp³-hybridized carbons (Fsp3) is 0.286. The Morgan fingerprint density at radius 3 is 2.81 bits per heavy atom. The third-order valence-corrected chi connectivity index (χ3v) is 4.38. The first-order chi connectivity index (χ1) is 13.1. The Labute approximate surface area is 159 Å². The molecule has 1 aromatic carbocycles. The number of piperidine rings is 1. The fourth-order valence-electron chi connectivity index (χ4n) is 2.87. The van der Waals surface area contributed by atoms with Gasteiger partial charge in [-0.1, -0.05) is 36.4 Å². The number of nitrogens with one attached hydrogen (secondary N) is 1. The molecule has 1 atom stereocenters. The van der Waals surface area contributed by atoms with Crippen molar-refractivity contribution in [3.8, 4) is 5.75 Å². The van der Waals surface area contributed by atoms with E-state index in [1.165, 1.54) is 5.57 Å². The highest BCUT2D eigenvalue weighted by Crippen LogP contribution is 2.22. The molecule has 0 radical (unpaired) electrons. The Bertz CT molecular complexity index is 810. The van der Waals surface area contributed by atoms with Gasteiger partial charge in [0.25, 0.3) is 0 Å². The van der Waals surface area contributed by atoms with Crippen LogP contribution in [-0.4, -0.2) is 40.3 Å². The van der Waals surface area contributed by atoms with Crippen LogP contribution in [0.2, 0.25) is 0 Å². The van der Waals surface area contributed by atoms with Crippen molar-refractivity contribution in [1.29, 1.82) is 0 Å². The largest absolute Gasteiger partial charge is 0.487 e. The van der Waals surface area contributed by atoms with Gasteiger partial charge >= 0.3 is 6.03 Å². The van der Waals surface area contributed by atoms with Crippen LogP contribution in [0.1, 0.15) is 25.3 Å². The molecular formula is C21H24N4O2. The number of nitrogens with zero attached hydrogens (tertiary/aromatic N) is 3. The number of aromatic nitrogens is 2. The van der Waals surface area contributed by atoms with E-state index in [1.54, 1.807) is 29.3 Å². The van der Waals surface area contributed by atoms with Crippen molar-refractivity contribution < 1.29 is 9.53 Å². The number of hydrogen-bond donors (Lipinski definition) is 1. The summed E-state index contributed by atoms with van der Waals surface area (Å²) in [6.07, 6.45) is 7.20. The molecule has 0 saturated carbocycles. The van der Waals surface area contributed by atoms with Gasteiger partial charge in [0.05, 0.1) is 0 Å². The van der Waals surface area contributed by atoms with Crippen LogP contribution in [0.3, 0.4) is 0 Å². The molecule has 6 heteroatoms. The van der Waals surface area contributed by atoms with E-state index in [2.05, 4.69) is 34.2 Å². The number of hydrogen-bond acceptors (Lipinski definition) is 4. The van der Waals surface area contributed by atoms with E-state index in [4.69, 9.17) is 4.74 Å². The molecule has 140 valence electrons. The number of benzene rings is 1. The SMILES string of the molecule is C=CC(C)Oc1cccc(C=C2CCN(C(=O)Nc3cccnn3)CC2)c1. The summed E-state index contributed by atoms with van der Waals surface area (Å²) in [7, 11) is 0. The molecule has 1 aliphatic heterocycles. The molecule has 6 nitrogen and oxygen atoms in total. The highest BCUT2D eigenvalue weighted by molar-refractivity contribution is 5.88. The van der Waals surface area contributed by atoms with E-state index in [9.17, 15) is 4.79 Å². The van der Waals surface area contributed by atoms with Crippen molar-refractivity contribution in [3.05, 3.63) is 66.4 Å². The highest BCUT2D eigenvalue weighted by Gasteiger charge is 2.19. The van der Waals surface area contributed by atoms with Gasteiger partial charge in [-0.25, -0.2) is 4.79 Å². The predicted octanol–water partition coefficient (Wildman–Crippen LogP) is 4.14. The van der Waals surface area contributed by atoms with Gasteiger partial charge in [0.15, 0.2) is 5.82 Å². The van der Waals surface area contributed by atoms with Crippen molar-refractivity contribution in [1.82, 2.24) is 15.1 Å². The number of anilines is 1. The summed E-state index contributed by atoms with van der Waals surface area (Å²) in [4.78, 5) is 14.1. The molecule has 1 N–H and O–H groups in total. The molecule has 1 aliphatic rings. The van der Waals surface area contributed by atoms with Gasteiger partial charge < -0.3 is 9.64 Å². The summed E-state index contributed by atoms with van der Waals surface area (Å²) >= 11 is 0. The summed E-state index contributed by atoms with van der Waals surface area (Å²) in [5, 5.41) is 10.4. The van der Waals surface area contributed by atoms with Crippen molar-refractivity contribution in [2.75, 3.05) is 18.4 Å². The van der Waals surface area contributed by atoms with Gasteiger partial charge in [0, 0.05) is 19.3 Å². The Morgan fingerprint density at radius 1 is 1.30 bits per heavy atom. The predicted molar refractivity (Wildman–Crippen MR) is 107 cm³/mol. The standard InChI is InChI=1S/C21H24N4O2/c1-3-16(2)27-19-7-4-6-18(15-19)14-17-9-12-25(13-10-17)21(26)23-20-8-5-11-22-24-20/h3-8,11,14-16H,1,9-10,12-13H2,2H3,(H,23,24,26). The number of ether oxygens (including phenoxy) is 1. The summed E-state index contributed by atoms with van der Waals surface area (Å²) < 4.78 is 5.78.